The zero-order valence-electron chi connectivity index (χ0n) is 21.7. The fourth-order valence-electron chi connectivity index (χ4n) is 9.42. The number of ketones is 1. The van der Waals surface area contributed by atoms with Gasteiger partial charge in [-0.15, -0.1) is 0 Å². The van der Waals surface area contributed by atoms with Crippen LogP contribution in [0.5, 0.6) is 0 Å². The second-order valence-electron chi connectivity index (χ2n) is 13.0. The third-order valence-corrected chi connectivity index (χ3v) is 12.1. The van der Waals surface area contributed by atoms with Gasteiger partial charge in [-0.25, -0.2) is 4.79 Å². The Morgan fingerprint density at radius 1 is 1.08 bits per heavy atom. The van der Waals surface area contributed by atoms with Crippen molar-refractivity contribution < 1.29 is 39.5 Å². The largest absolute Gasteiger partial charge is 0.455 e. The minimum atomic E-state index is -1.81. The third kappa shape index (κ3) is 2.40. The van der Waals surface area contributed by atoms with Crippen LogP contribution >= 0.6 is 0 Å². The Morgan fingerprint density at radius 3 is 2.44 bits per heavy atom. The highest BCUT2D eigenvalue weighted by molar-refractivity contribution is 5.98. The third-order valence-electron chi connectivity index (χ3n) is 12.1. The van der Waals surface area contributed by atoms with Gasteiger partial charge in [0.15, 0.2) is 5.78 Å². The van der Waals surface area contributed by atoms with Crippen LogP contribution < -0.4 is 0 Å². The van der Waals surface area contributed by atoms with E-state index in [1.165, 1.54) is 19.1 Å². The number of hydrogen-bond acceptors (Lipinski definition) is 8. The molecular weight excluding hydrogens is 464 g/mol. The van der Waals surface area contributed by atoms with E-state index in [9.17, 15) is 30.0 Å². The van der Waals surface area contributed by atoms with Crippen LogP contribution in [0, 0.1) is 22.7 Å². The molecule has 2 heterocycles. The van der Waals surface area contributed by atoms with E-state index in [1.807, 2.05) is 20.8 Å². The molecule has 8 nitrogen and oxygen atoms in total. The van der Waals surface area contributed by atoms with E-state index in [0.717, 1.165) is 5.57 Å². The molecule has 4 fully saturated rings. The smallest absolute Gasteiger partial charge is 0.334 e. The van der Waals surface area contributed by atoms with Gasteiger partial charge < -0.3 is 29.9 Å². The van der Waals surface area contributed by atoms with E-state index in [2.05, 4.69) is 0 Å². The summed E-state index contributed by atoms with van der Waals surface area (Å²) in [5.41, 5.74) is -6.64. The van der Waals surface area contributed by atoms with Gasteiger partial charge in [-0.05, 0) is 83.8 Å². The molecule has 2 aliphatic heterocycles. The number of hydrogen-bond donors (Lipinski definition) is 4. The quantitative estimate of drug-likeness (QED) is 0.331. The maximum absolute atomic E-state index is 13.3. The zero-order chi connectivity index (χ0) is 26.3. The predicted molar refractivity (Wildman–Crippen MR) is 127 cm³/mol. The van der Waals surface area contributed by atoms with Crippen molar-refractivity contribution in [3.63, 3.8) is 0 Å². The first-order valence-corrected chi connectivity index (χ1v) is 13.2. The fourth-order valence-corrected chi connectivity index (χ4v) is 9.42. The number of carbonyl (C=O) groups excluding carboxylic acids is 2. The summed E-state index contributed by atoms with van der Waals surface area (Å²) in [5.74, 6) is -1.19. The molecule has 1 saturated heterocycles. The SMILES string of the molecule is CC1=C(C)C(=O)O[C@@H]([C@](C)(O)[C@]2(O)CC[C@]3(O)[C@@H]4C[C@H]5O[C@]56[C@@H](O)C=CC(=O)[C@]6(C)[C@H]4CC[C@]23C)C1. The van der Waals surface area contributed by atoms with Gasteiger partial charge >= 0.3 is 5.97 Å². The average Bonchev–Trinajstić information content (AvgIpc) is 3.51. The summed E-state index contributed by atoms with van der Waals surface area (Å²) in [5, 5.41) is 47.5. The maximum Gasteiger partial charge on any atom is 0.334 e. The van der Waals surface area contributed by atoms with E-state index < -0.39 is 51.4 Å². The summed E-state index contributed by atoms with van der Waals surface area (Å²) in [6.07, 6.45) is 2.84. The summed E-state index contributed by atoms with van der Waals surface area (Å²) in [6.45, 7) is 8.73. The summed E-state index contributed by atoms with van der Waals surface area (Å²) < 4.78 is 11.7. The molecule has 11 atom stereocenters. The molecule has 0 aromatic carbocycles. The first-order valence-electron chi connectivity index (χ1n) is 13.2. The van der Waals surface area contributed by atoms with Crippen LogP contribution in [0.15, 0.2) is 23.3 Å². The van der Waals surface area contributed by atoms with Crippen LogP contribution in [0.3, 0.4) is 0 Å². The minimum absolute atomic E-state index is 0.0933. The Labute approximate surface area is 211 Å². The molecule has 4 aliphatic carbocycles. The van der Waals surface area contributed by atoms with Crippen molar-refractivity contribution in [1.82, 2.24) is 0 Å². The molecule has 198 valence electrons. The number of rotatable bonds is 2. The van der Waals surface area contributed by atoms with Crippen molar-refractivity contribution in [1.29, 1.82) is 0 Å². The molecule has 0 aromatic rings. The number of allylic oxidation sites excluding steroid dienone is 1. The van der Waals surface area contributed by atoms with Crippen molar-refractivity contribution in [3.05, 3.63) is 23.3 Å². The van der Waals surface area contributed by atoms with Gasteiger partial charge in [0, 0.05) is 17.4 Å². The lowest BCUT2D eigenvalue weighted by molar-refractivity contribution is -0.283. The van der Waals surface area contributed by atoms with Crippen LogP contribution in [0.1, 0.15) is 73.1 Å². The van der Waals surface area contributed by atoms with Gasteiger partial charge in [0.2, 0.25) is 0 Å². The molecule has 6 aliphatic rings. The Morgan fingerprint density at radius 2 is 1.78 bits per heavy atom. The number of cyclic esters (lactones) is 1. The second-order valence-corrected chi connectivity index (χ2v) is 13.0. The topological polar surface area (TPSA) is 137 Å². The van der Waals surface area contributed by atoms with Crippen LogP contribution in [-0.4, -0.2) is 72.9 Å². The standard InChI is InChI=1S/C28H38O8/c1-14-12-20(35-22(31)15(14)2)25(5,32)27(34)11-10-26(33)17-13-21-28(36-21)19(30)7-6-18(29)24(28,4)16(17)8-9-23(26,27)3/h6-7,16-17,19-21,30,32-34H,8-13H2,1-5H3/t16-,17+,19-,20+,21+,23-,24-,25-,26-,27-,28+/m0/s1. The van der Waals surface area contributed by atoms with Crippen molar-refractivity contribution in [2.75, 3.05) is 0 Å². The summed E-state index contributed by atoms with van der Waals surface area (Å²) in [6, 6.07) is 0. The van der Waals surface area contributed by atoms with Gasteiger partial charge in [-0.1, -0.05) is 12.5 Å². The molecule has 4 N–H and O–H groups in total. The minimum Gasteiger partial charge on any atom is -0.455 e. The first kappa shape index (κ1) is 24.7. The highest BCUT2D eigenvalue weighted by Gasteiger charge is 2.84. The Kier molecular flexibility index (Phi) is 4.73. The van der Waals surface area contributed by atoms with E-state index in [1.54, 1.807) is 6.92 Å². The number of aliphatic hydroxyl groups excluding tert-OH is 1. The molecular formula is C28H38O8. The van der Waals surface area contributed by atoms with Crippen molar-refractivity contribution in [2.24, 2.45) is 22.7 Å². The molecule has 6 rings (SSSR count). The highest BCUT2D eigenvalue weighted by atomic mass is 16.6. The molecule has 1 spiro atoms. The fraction of sp³-hybridized carbons (Fsp3) is 0.786. The predicted octanol–water partition coefficient (Wildman–Crippen LogP) is 1.73. The molecule has 0 unspecified atom stereocenters. The lowest BCUT2D eigenvalue weighted by Crippen LogP contribution is -2.73. The van der Waals surface area contributed by atoms with Crippen molar-refractivity contribution >= 4 is 11.8 Å². The average molecular weight is 503 g/mol. The van der Waals surface area contributed by atoms with Gasteiger partial charge in [0.25, 0.3) is 0 Å². The normalized spacial score (nSPS) is 55.2. The monoisotopic (exact) mass is 502 g/mol. The number of ether oxygens (including phenoxy) is 2. The lowest BCUT2D eigenvalue weighted by Gasteiger charge is -2.63. The Hall–Kier alpha value is -1.58. The number of aliphatic hydroxyl groups is 4. The molecule has 0 aromatic heterocycles. The number of epoxide rings is 1. The van der Waals surface area contributed by atoms with E-state index in [-0.39, 0.29) is 36.6 Å². The molecule has 0 bridgehead atoms. The van der Waals surface area contributed by atoms with Gasteiger partial charge in [-0.3, -0.25) is 4.79 Å². The van der Waals surface area contributed by atoms with Crippen LogP contribution in [0.4, 0.5) is 0 Å². The second kappa shape index (κ2) is 6.89. The number of fused-ring (bicyclic) bond motifs is 4. The van der Waals surface area contributed by atoms with Crippen LogP contribution in [0.2, 0.25) is 0 Å². The number of carbonyl (C=O) groups is 2. The maximum atomic E-state index is 13.3. The molecule has 0 radical (unpaired) electrons. The lowest BCUT2D eigenvalue weighted by atomic mass is 9.42. The van der Waals surface area contributed by atoms with E-state index in [4.69, 9.17) is 9.47 Å². The molecule has 36 heavy (non-hydrogen) atoms. The van der Waals surface area contributed by atoms with Crippen molar-refractivity contribution in [3.8, 4) is 0 Å². The van der Waals surface area contributed by atoms with E-state index in [0.29, 0.717) is 31.3 Å². The summed E-state index contributed by atoms with van der Waals surface area (Å²) in [4.78, 5) is 25.8. The Bertz CT molecular complexity index is 1120. The number of esters is 1. The summed E-state index contributed by atoms with van der Waals surface area (Å²) >= 11 is 0. The first-order chi connectivity index (χ1) is 16.6. The summed E-state index contributed by atoms with van der Waals surface area (Å²) in [7, 11) is 0. The van der Waals surface area contributed by atoms with Crippen LogP contribution in [-0.2, 0) is 19.1 Å². The van der Waals surface area contributed by atoms with Gasteiger partial charge in [-0.2, -0.15) is 0 Å². The molecule has 0 amide bonds. The highest BCUT2D eigenvalue weighted by Crippen LogP contribution is 2.75. The van der Waals surface area contributed by atoms with E-state index >= 15 is 0 Å². The molecule has 8 heteroatoms. The van der Waals surface area contributed by atoms with Gasteiger partial charge in [0.05, 0.1) is 17.1 Å². The molecule has 3 saturated carbocycles. The van der Waals surface area contributed by atoms with Gasteiger partial charge in [0.1, 0.15) is 29.0 Å². The zero-order valence-corrected chi connectivity index (χ0v) is 21.7. The van der Waals surface area contributed by atoms with Crippen LogP contribution in [0.25, 0.3) is 0 Å². The van der Waals surface area contributed by atoms with Crippen molar-refractivity contribution in [2.45, 2.75) is 114 Å². The Balaban J connectivity index is 1.39.